The summed E-state index contributed by atoms with van der Waals surface area (Å²) in [6.45, 7) is 4.87. The number of carbonyl (C=O) groups is 1. The van der Waals surface area contributed by atoms with Crippen molar-refractivity contribution in [1.29, 1.82) is 0 Å². The molecule has 1 heterocycles. The first-order valence-electron chi connectivity index (χ1n) is 7.51. The van der Waals surface area contributed by atoms with Crippen molar-refractivity contribution in [2.75, 3.05) is 13.1 Å². The SMILES string of the molecule is CCN(CC)C(=O)c1cc(Cl)cn(Cc2c(Cl)cccc2Cl)c1=O. The van der Waals surface area contributed by atoms with E-state index in [9.17, 15) is 9.59 Å². The summed E-state index contributed by atoms with van der Waals surface area (Å²) < 4.78 is 1.35. The van der Waals surface area contributed by atoms with Crippen LogP contribution in [0.15, 0.2) is 35.3 Å². The molecule has 0 spiro atoms. The predicted molar refractivity (Wildman–Crippen MR) is 98.5 cm³/mol. The van der Waals surface area contributed by atoms with Crippen LogP contribution in [-0.4, -0.2) is 28.5 Å². The van der Waals surface area contributed by atoms with Gasteiger partial charge in [0.1, 0.15) is 5.56 Å². The molecule has 128 valence electrons. The van der Waals surface area contributed by atoms with Gasteiger partial charge in [-0.05, 0) is 32.0 Å². The number of benzene rings is 1. The molecule has 24 heavy (non-hydrogen) atoms. The topological polar surface area (TPSA) is 42.3 Å². The highest BCUT2D eigenvalue weighted by molar-refractivity contribution is 6.36. The van der Waals surface area contributed by atoms with Crippen LogP contribution < -0.4 is 5.56 Å². The number of hydrogen-bond acceptors (Lipinski definition) is 2. The molecular formula is C17H17Cl3N2O2. The third-order valence-electron chi connectivity index (χ3n) is 3.72. The van der Waals surface area contributed by atoms with Crippen LogP contribution in [0.25, 0.3) is 0 Å². The lowest BCUT2D eigenvalue weighted by Gasteiger charge is -2.19. The zero-order valence-electron chi connectivity index (χ0n) is 13.4. The Bertz CT molecular complexity index is 794. The van der Waals surface area contributed by atoms with Crippen molar-refractivity contribution in [2.45, 2.75) is 20.4 Å². The van der Waals surface area contributed by atoms with Gasteiger partial charge in [-0.25, -0.2) is 0 Å². The van der Waals surface area contributed by atoms with Crippen LogP contribution in [0.1, 0.15) is 29.8 Å². The summed E-state index contributed by atoms with van der Waals surface area (Å²) in [5.41, 5.74) is 0.216. The van der Waals surface area contributed by atoms with E-state index in [0.29, 0.717) is 33.7 Å². The number of nitrogens with zero attached hydrogens (tertiary/aromatic N) is 2. The molecule has 0 radical (unpaired) electrons. The fourth-order valence-electron chi connectivity index (χ4n) is 2.40. The third-order valence-corrected chi connectivity index (χ3v) is 4.64. The number of halogens is 3. The molecule has 0 aliphatic carbocycles. The van der Waals surface area contributed by atoms with E-state index < -0.39 is 5.56 Å². The van der Waals surface area contributed by atoms with Gasteiger partial charge in [-0.2, -0.15) is 0 Å². The van der Waals surface area contributed by atoms with Crippen molar-refractivity contribution < 1.29 is 4.79 Å². The van der Waals surface area contributed by atoms with E-state index in [4.69, 9.17) is 34.8 Å². The highest BCUT2D eigenvalue weighted by Gasteiger charge is 2.19. The number of hydrogen-bond donors (Lipinski definition) is 0. The molecule has 0 bridgehead atoms. The lowest BCUT2D eigenvalue weighted by Crippen LogP contribution is -2.36. The maximum absolute atomic E-state index is 12.7. The molecule has 1 aromatic carbocycles. The van der Waals surface area contributed by atoms with Crippen molar-refractivity contribution in [3.05, 3.63) is 67.0 Å². The molecule has 0 atom stereocenters. The van der Waals surface area contributed by atoms with Gasteiger partial charge in [0.25, 0.3) is 11.5 Å². The summed E-state index contributed by atoms with van der Waals surface area (Å²) in [6, 6.07) is 6.51. The second kappa shape index (κ2) is 8.06. The Morgan fingerprint density at radius 3 is 2.25 bits per heavy atom. The Hall–Kier alpha value is -1.49. The van der Waals surface area contributed by atoms with Crippen LogP contribution in [0.5, 0.6) is 0 Å². The smallest absolute Gasteiger partial charge is 0.263 e. The average Bonchev–Trinajstić information content (AvgIpc) is 2.54. The van der Waals surface area contributed by atoms with Gasteiger partial charge in [0, 0.05) is 34.9 Å². The van der Waals surface area contributed by atoms with Crippen molar-refractivity contribution in [2.24, 2.45) is 0 Å². The summed E-state index contributed by atoms with van der Waals surface area (Å²) in [5, 5.41) is 1.20. The van der Waals surface area contributed by atoms with E-state index in [0.717, 1.165) is 0 Å². The van der Waals surface area contributed by atoms with Crippen LogP contribution >= 0.6 is 34.8 Å². The van der Waals surface area contributed by atoms with Crippen LogP contribution in [0, 0.1) is 0 Å². The predicted octanol–water partition coefficient (Wildman–Crippen LogP) is 4.34. The van der Waals surface area contributed by atoms with E-state index in [1.807, 2.05) is 13.8 Å². The van der Waals surface area contributed by atoms with E-state index in [1.165, 1.54) is 16.8 Å². The third kappa shape index (κ3) is 3.94. The molecule has 0 saturated carbocycles. The quantitative estimate of drug-likeness (QED) is 0.766. The van der Waals surface area contributed by atoms with Gasteiger partial charge in [-0.3, -0.25) is 9.59 Å². The van der Waals surface area contributed by atoms with Crippen molar-refractivity contribution >= 4 is 40.7 Å². The van der Waals surface area contributed by atoms with Gasteiger partial charge < -0.3 is 9.47 Å². The number of aromatic nitrogens is 1. The highest BCUT2D eigenvalue weighted by Crippen LogP contribution is 2.25. The van der Waals surface area contributed by atoms with Gasteiger partial charge in [0.2, 0.25) is 0 Å². The highest BCUT2D eigenvalue weighted by atomic mass is 35.5. The van der Waals surface area contributed by atoms with E-state index in [2.05, 4.69) is 0 Å². The number of amides is 1. The molecule has 7 heteroatoms. The first-order valence-corrected chi connectivity index (χ1v) is 8.64. The Morgan fingerprint density at radius 2 is 1.71 bits per heavy atom. The molecule has 0 aliphatic rings. The zero-order valence-corrected chi connectivity index (χ0v) is 15.6. The lowest BCUT2D eigenvalue weighted by molar-refractivity contribution is 0.0770. The minimum absolute atomic E-state index is 0.0365. The number of carbonyl (C=O) groups excluding carboxylic acids is 1. The van der Waals surface area contributed by atoms with Gasteiger partial charge >= 0.3 is 0 Å². The molecule has 0 saturated heterocycles. The molecule has 4 nitrogen and oxygen atoms in total. The Balaban J connectivity index is 2.50. The largest absolute Gasteiger partial charge is 0.339 e. The minimum atomic E-state index is -0.424. The van der Waals surface area contributed by atoms with E-state index in [1.54, 1.807) is 23.1 Å². The molecule has 0 fully saturated rings. The zero-order chi connectivity index (χ0) is 17.9. The molecule has 1 aromatic heterocycles. The van der Waals surface area contributed by atoms with E-state index in [-0.39, 0.29) is 18.0 Å². The molecule has 2 aromatic rings. The first-order chi connectivity index (χ1) is 11.4. The summed E-state index contributed by atoms with van der Waals surface area (Å²) in [4.78, 5) is 26.8. The summed E-state index contributed by atoms with van der Waals surface area (Å²) in [7, 11) is 0. The minimum Gasteiger partial charge on any atom is -0.339 e. The maximum Gasteiger partial charge on any atom is 0.263 e. The summed E-state index contributed by atoms with van der Waals surface area (Å²) in [5.74, 6) is -0.341. The van der Waals surface area contributed by atoms with Crippen LogP contribution in [0.3, 0.4) is 0 Å². The fourth-order valence-corrected chi connectivity index (χ4v) is 3.15. The monoisotopic (exact) mass is 386 g/mol. The summed E-state index contributed by atoms with van der Waals surface area (Å²) >= 11 is 18.4. The maximum atomic E-state index is 12.7. The molecule has 0 unspecified atom stereocenters. The summed E-state index contributed by atoms with van der Waals surface area (Å²) in [6.07, 6.45) is 1.47. The second-order valence-corrected chi connectivity index (χ2v) is 6.43. The standard InChI is InChI=1S/C17H17Cl3N2O2/c1-3-21(4-2)16(23)12-8-11(18)9-22(17(12)24)10-13-14(19)6-5-7-15(13)20/h5-9H,3-4,10H2,1-2H3. The fraction of sp³-hybridized carbons (Fsp3) is 0.294. The van der Waals surface area contributed by atoms with Crippen LogP contribution in [0.2, 0.25) is 15.1 Å². The van der Waals surface area contributed by atoms with Gasteiger partial charge in [0.15, 0.2) is 0 Å². The Labute approximate surface area is 155 Å². The van der Waals surface area contributed by atoms with Gasteiger partial charge in [-0.15, -0.1) is 0 Å². The van der Waals surface area contributed by atoms with Crippen LogP contribution in [-0.2, 0) is 6.54 Å². The van der Waals surface area contributed by atoms with Crippen molar-refractivity contribution in [3.8, 4) is 0 Å². The first kappa shape index (κ1) is 18.8. The molecule has 0 N–H and O–H groups in total. The van der Waals surface area contributed by atoms with E-state index >= 15 is 0 Å². The average molecular weight is 388 g/mol. The Kier molecular flexibility index (Phi) is 6.33. The van der Waals surface area contributed by atoms with Crippen molar-refractivity contribution in [1.82, 2.24) is 9.47 Å². The lowest BCUT2D eigenvalue weighted by atomic mass is 10.2. The van der Waals surface area contributed by atoms with Crippen molar-refractivity contribution in [3.63, 3.8) is 0 Å². The van der Waals surface area contributed by atoms with Crippen LogP contribution in [0.4, 0.5) is 0 Å². The second-order valence-electron chi connectivity index (χ2n) is 5.18. The molecule has 0 aliphatic heterocycles. The number of rotatable bonds is 5. The molecule has 1 amide bonds. The van der Waals surface area contributed by atoms with Gasteiger partial charge in [-0.1, -0.05) is 40.9 Å². The molecule has 2 rings (SSSR count). The molecular weight excluding hydrogens is 371 g/mol. The Morgan fingerprint density at radius 1 is 1.12 bits per heavy atom. The van der Waals surface area contributed by atoms with Gasteiger partial charge in [0.05, 0.1) is 11.6 Å². The normalized spacial score (nSPS) is 10.7. The number of pyridine rings is 1.